The van der Waals surface area contributed by atoms with Gasteiger partial charge in [-0.25, -0.2) is 4.98 Å². The molecule has 0 saturated carbocycles. The quantitative estimate of drug-likeness (QED) is 0.553. The van der Waals surface area contributed by atoms with E-state index in [0.717, 1.165) is 35.6 Å². The zero-order valence-electron chi connectivity index (χ0n) is 17.2. The van der Waals surface area contributed by atoms with E-state index in [2.05, 4.69) is 77.6 Å². The lowest BCUT2D eigenvalue weighted by atomic mass is 9.96. The normalized spacial score (nSPS) is 12.9. The Kier molecular flexibility index (Phi) is 5.17. The second kappa shape index (κ2) is 7.22. The van der Waals surface area contributed by atoms with Crippen LogP contribution in [0.3, 0.4) is 0 Å². The van der Waals surface area contributed by atoms with Gasteiger partial charge in [-0.3, -0.25) is 4.98 Å². The van der Waals surface area contributed by atoms with Crippen molar-refractivity contribution in [3.05, 3.63) is 46.9 Å². The van der Waals surface area contributed by atoms with E-state index in [9.17, 15) is 0 Å². The Hall–Kier alpha value is -2.16. The van der Waals surface area contributed by atoms with Crippen molar-refractivity contribution < 1.29 is 0 Å². The van der Waals surface area contributed by atoms with E-state index in [1.54, 1.807) is 0 Å². The lowest BCUT2D eigenvalue weighted by Crippen LogP contribution is -2.02. The van der Waals surface area contributed by atoms with Crippen LogP contribution in [0.25, 0.3) is 22.3 Å². The van der Waals surface area contributed by atoms with E-state index in [1.807, 2.05) is 0 Å². The third-order valence-electron chi connectivity index (χ3n) is 5.49. The van der Waals surface area contributed by atoms with Crippen molar-refractivity contribution in [2.45, 2.75) is 66.2 Å². The molecule has 0 aliphatic carbocycles. The lowest BCUT2D eigenvalue weighted by Gasteiger charge is -2.14. The molecule has 0 bridgehead atoms. The standard InChI is InChI=1S/C23H31N3/c1-8-15(5)19-13-26(7)23-18(19)12-16(6)22(25-23)17-10-11-21(14(3)4)24-20(17)9-2/h10-15H,8-9H2,1-7H3. The molecule has 0 spiro atoms. The first kappa shape index (κ1) is 18.6. The number of hydrogen-bond donors (Lipinski definition) is 0. The van der Waals surface area contributed by atoms with Gasteiger partial charge in [0, 0.05) is 35.6 Å². The maximum atomic E-state index is 5.09. The number of fused-ring (bicyclic) bond motifs is 1. The van der Waals surface area contributed by atoms with Gasteiger partial charge in [0.25, 0.3) is 0 Å². The van der Waals surface area contributed by atoms with Crippen LogP contribution in [-0.4, -0.2) is 14.5 Å². The average Bonchev–Trinajstić information content (AvgIpc) is 2.95. The van der Waals surface area contributed by atoms with E-state index in [0.29, 0.717) is 11.8 Å². The van der Waals surface area contributed by atoms with Crippen LogP contribution in [0.2, 0.25) is 0 Å². The van der Waals surface area contributed by atoms with E-state index >= 15 is 0 Å². The summed E-state index contributed by atoms with van der Waals surface area (Å²) >= 11 is 0. The Morgan fingerprint density at radius 1 is 1.08 bits per heavy atom. The fourth-order valence-corrected chi connectivity index (χ4v) is 3.63. The smallest absolute Gasteiger partial charge is 0.140 e. The van der Waals surface area contributed by atoms with Gasteiger partial charge in [0.2, 0.25) is 0 Å². The van der Waals surface area contributed by atoms with Gasteiger partial charge in [0.15, 0.2) is 0 Å². The molecule has 26 heavy (non-hydrogen) atoms. The van der Waals surface area contributed by atoms with Crippen molar-refractivity contribution in [1.82, 2.24) is 14.5 Å². The molecule has 3 heteroatoms. The number of aryl methyl sites for hydroxylation is 3. The first-order valence-corrected chi connectivity index (χ1v) is 9.84. The summed E-state index contributed by atoms with van der Waals surface area (Å²) < 4.78 is 2.17. The molecule has 0 aromatic carbocycles. The topological polar surface area (TPSA) is 30.7 Å². The van der Waals surface area contributed by atoms with Crippen molar-refractivity contribution in [1.29, 1.82) is 0 Å². The van der Waals surface area contributed by atoms with Crippen LogP contribution in [0.4, 0.5) is 0 Å². The SMILES string of the molecule is CCc1nc(C(C)C)ccc1-c1nc2c(cc1C)c(C(C)CC)cn2C. The maximum absolute atomic E-state index is 5.09. The van der Waals surface area contributed by atoms with Gasteiger partial charge in [-0.1, -0.05) is 34.6 Å². The number of pyridine rings is 2. The minimum absolute atomic E-state index is 0.442. The van der Waals surface area contributed by atoms with Gasteiger partial charge in [0.1, 0.15) is 5.65 Å². The third-order valence-corrected chi connectivity index (χ3v) is 5.49. The monoisotopic (exact) mass is 349 g/mol. The van der Waals surface area contributed by atoms with E-state index < -0.39 is 0 Å². The summed E-state index contributed by atoms with van der Waals surface area (Å²) in [5.41, 5.74) is 8.22. The molecule has 138 valence electrons. The van der Waals surface area contributed by atoms with Gasteiger partial charge in [-0.05, 0) is 60.9 Å². The van der Waals surface area contributed by atoms with Gasteiger partial charge >= 0.3 is 0 Å². The van der Waals surface area contributed by atoms with Crippen LogP contribution in [-0.2, 0) is 13.5 Å². The Balaban J connectivity index is 2.21. The maximum Gasteiger partial charge on any atom is 0.140 e. The minimum Gasteiger partial charge on any atom is -0.335 e. The Bertz CT molecular complexity index is 934. The molecule has 3 heterocycles. The molecule has 0 aliphatic heterocycles. The largest absolute Gasteiger partial charge is 0.335 e. The molecular weight excluding hydrogens is 318 g/mol. The molecule has 0 fully saturated rings. The average molecular weight is 350 g/mol. The fourth-order valence-electron chi connectivity index (χ4n) is 3.63. The Morgan fingerprint density at radius 3 is 2.42 bits per heavy atom. The highest BCUT2D eigenvalue weighted by molar-refractivity contribution is 5.85. The number of aromatic nitrogens is 3. The van der Waals surface area contributed by atoms with Crippen LogP contribution in [0, 0.1) is 6.92 Å². The molecular formula is C23H31N3. The van der Waals surface area contributed by atoms with Gasteiger partial charge in [-0.2, -0.15) is 0 Å². The first-order chi connectivity index (χ1) is 12.4. The lowest BCUT2D eigenvalue weighted by molar-refractivity contribution is 0.734. The molecule has 0 amide bonds. The molecule has 0 aliphatic rings. The van der Waals surface area contributed by atoms with Gasteiger partial charge < -0.3 is 4.57 Å². The number of nitrogens with zero attached hydrogens (tertiary/aromatic N) is 3. The van der Waals surface area contributed by atoms with Gasteiger partial charge in [-0.15, -0.1) is 0 Å². The zero-order valence-corrected chi connectivity index (χ0v) is 17.2. The van der Waals surface area contributed by atoms with Crippen LogP contribution >= 0.6 is 0 Å². The summed E-state index contributed by atoms with van der Waals surface area (Å²) in [4.78, 5) is 10.00. The Morgan fingerprint density at radius 2 is 1.81 bits per heavy atom. The summed E-state index contributed by atoms with van der Waals surface area (Å²) in [7, 11) is 2.10. The number of rotatable bonds is 5. The molecule has 0 saturated heterocycles. The Labute approximate surface area is 157 Å². The van der Waals surface area contributed by atoms with Crippen molar-refractivity contribution in [2.24, 2.45) is 7.05 Å². The summed E-state index contributed by atoms with van der Waals surface area (Å²) in [6.07, 6.45) is 4.30. The summed E-state index contributed by atoms with van der Waals surface area (Å²) in [5.74, 6) is 0.987. The predicted molar refractivity (Wildman–Crippen MR) is 111 cm³/mol. The highest BCUT2D eigenvalue weighted by atomic mass is 15.0. The van der Waals surface area contributed by atoms with Crippen molar-refractivity contribution in [3.63, 3.8) is 0 Å². The first-order valence-electron chi connectivity index (χ1n) is 9.84. The molecule has 3 aromatic heterocycles. The van der Waals surface area contributed by atoms with Crippen molar-refractivity contribution >= 4 is 11.0 Å². The third kappa shape index (κ3) is 3.15. The minimum atomic E-state index is 0.442. The second-order valence-corrected chi connectivity index (χ2v) is 7.77. The van der Waals surface area contributed by atoms with Crippen molar-refractivity contribution in [3.8, 4) is 11.3 Å². The zero-order chi connectivity index (χ0) is 19.0. The highest BCUT2D eigenvalue weighted by Gasteiger charge is 2.17. The van der Waals surface area contributed by atoms with Crippen LogP contribution < -0.4 is 0 Å². The number of hydrogen-bond acceptors (Lipinski definition) is 2. The molecule has 3 nitrogen and oxygen atoms in total. The molecule has 0 N–H and O–H groups in total. The van der Waals surface area contributed by atoms with E-state index in [1.165, 1.54) is 22.1 Å². The summed E-state index contributed by atoms with van der Waals surface area (Å²) in [6, 6.07) is 6.68. The van der Waals surface area contributed by atoms with Gasteiger partial charge in [0.05, 0.1) is 5.69 Å². The van der Waals surface area contributed by atoms with Crippen LogP contribution in [0.15, 0.2) is 24.4 Å². The second-order valence-electron chi connectivity index (χ2n) is 7.77. The molecule has 3 rings (SSSR count). The highest BCUT2D eigenvalue weighted by Crippen LogP contribution is 2.33. The van der Waals surface area contributed by atoms with Crippen LogP contribution in [0.5, 0.6) is 0 Å². The van der Waals surface area contributed by atoms with Crippen LogP contribution in [0.1, 0.15) is 75.4 Å². The van der Waals surface area contributed by atoms with Crippen molar-refractivity contribution in [2.75, 3.05) is 0 Å². The molecule has 1 atom stereocenters. The summed E-state index contributed by atoms with van der Waals surface area (Å²) in [5, 5.41) is 1.29. The predicted octanol–water partition coefficient (Wildman–Crippen LogP) is 6.14. The van der Waals surface area contributed by atoms with E-state index in [4.69, 9.17) is 9.97 Å². The summed E-state index contributed by atoms with van der Waals surface area (Å²) in [6.45, 7) is 13.3. The van der Waals surface area contributed by atoms with E-state index in [-0.39, 0.29) is 0 Å². The molecule has 3 aromatic rings. The molecule has 0 radical (unpaired) electrons. The molecule has 1 unspecified atom stereocenters. The fraction of sp³-hybridized carbons (Fsp3) is 0.478.